The third kappa shape index (κ3) is 4.76. The Labute approximate surface area is 137 Å². The van der Waals surface area contributed by atoms with Gasteiger partial charge in [0.1, 0.15) is 0 Å². The Morgan fingerprint density at radius 1 is 1.52 bits per heavy atom. The van der Waals surface area contributed by atoms with Gasteiger partial charge in [0.15, 0.2) is 0 Å². The highest BCUT2D eigenvalue weighted by atomic mass is 16.5. The van der Waals surface area contributed by atoms with Crippen LogP contribution in [-0.4, -0.2) is 48.0 Å². The fourth-order valence-corrected chi connectivity index (χ4v) is 3.25. The Bertz CT molecular complexity index is 521. The number of aromatic nitrogens is 1. The molecule has 2 N–H and O–H groups in total. The van der Waals surface area contributed by atoms with Gasteiger partial charge in [-0.1, -0.05) is 6.07 Å². The molecule has 1 aliphatic heterocycles. The van der Waals surface area contributed by atoms with Crippen molar-refractivity contribution in [3.8, 4) is 0 Å². The van der Waals surface area contributed by atoms with Gasteiger partial charge in [-0.25, -0.2) is 0 Å². The summed E-state index contributed by atoms with van der Waals surface area (Å²) in [6.07, 6.45) is 7.57. The maximum absolute atomic E-state index is 12.0. The molecule has 0 bridgehead atoms. The summed E-state index contributed by atoms with van der Waals surface area (Å²) in [7, 11) is 1.42. The van der Waals surface area contributed by atoms with E-state index in [4.69, 9.17) is 10.5 Å². The number of rotatable bonds is 7. The zero-order valence-corrected chi connectivity index (χ0v) is 13.6. The first-order valence-electron chi connectivity index (χ1n) is 8.12. The molecule has 0 radical (unpaired) electrons. The van der Waals surface area contributed by atoms with Crippen molar-refractivity contribution in [2.45, 2.75) is 38.1 Å². The summed E-state index contributed by atoms with van der Waals surface area (Å²) in [6.45, 7) is 0.818. The van der Waals surface area contributed by atoms with Crippen molar-refractivity contribution in [2.75, 3.05) is 20.2 Å². The molecule has 1 fully saturated rings. The quantitative estimate of drug-likeness (QED) is 0.762. The lowest BCUT2D eigenvalue weighted by Crippen LogP contribution is -2.39. The van der Waals surface area contributed by atoms with Crippen LogP contribution in [0.15, 0.2) is 24.5 Å². The van der Waals surface area contributed by atoms with E-state index in [0.29, 0.717) is 12.8 Å². The minimum Gasteiger partial charge on any atom is -0.469 e. The van der Waals surface area contributed by atoms with E-state index in [9.17, 15) is 9.59 Å². The first kappa shape index (κ1) is 17.4. The molecule has 1 aliphatic rings. The molecule has 1 aromatic heterocycles. The molecule has 23 heavy (non-hydrogen) atoms. The van der Waals surface area contributed by atoms with E-state index in [1.54, 1.807) is 12.4 Å². The zero-order valence-electron chi connectivity index (χ0n) is 13.6. The van der Waals surface area contributed by atoms with E-state index in [1.807, 2.05) is 17.0 Å². The molecule has 126 valence electrons. The Hall–Kier alpha value is -1.95. The van der Waals surface area contributed by atoms with Crippen LogP contribution in [0.5, 0.6) is 0 Å². The summed E-state index contributed by atoms with van der Waals surface area (Å²) in [5.41, 5.74) is 6.49. The average Bonchev–Trinajstić information content (AvgIpc) is 3.06. The van der Waals surface area contributed by atoms with Crippen LogP contribution in [-0.2, 0) is 20.7 Å². The monoisotopic (exact) mass is 319 g/mol. The van der Waals surface area contributed by atoms with E-state index in [1.165, 1.54) is 7.11 Å². The van der Waals surface area contributed by atoms with E-state index in [2.05, 4.69) is 4.98 Å². The normalized spacial score (nSPS) is 18.7. The number of hydrogen-bond donors (Lipinski definition) is 1. The summed E-state index contributed by atoms with van der Waals surface area (Å²) in [5.74, 6) is -0.419. The van der Waals surface area contributed by atoms with Crippen LogP contribution in [0.2, 0.25) is 0 Å². The third-order valence-corrected chi connectivity index (χ3v) is 4.46. The minimum absolute atomic E-state index is 0.00521. The fraction of sp³-hybridized carbons (Fsp3) is 0.588. The molecule has 2 rings (SSSR count). The van der Waals surface area contributed by atoms with Gasteiger partial charge in [0.25, 0.3) is 0 Å². The summed E-state index contributed by atoms with van der Waals surface area (Å²) < 4.78 is 4.94. The lowest BCUT2D eigenvalue weighted by atomic mass is 9.93. The smallest absolute Gasteiger partial charge is 0.308 e. The maximum atomic E-state index is 12.0. The average molecular weight is 319 g/mol. The second-order valence-corrected chi connectivity index (χ2v) is 5.95. The molecule has 6 nitrogen and oxygen atoms in total. The largest absolute Gasteiger partial charge is 0.469 e. The van der Waals surface area contributed by atoms with Gasteiger partial charge in [-0.05, 0) is 43.7 Å². The molecule has 0 spiro atoms. The first-order chi connectivity index (χ1) is 11.2. The molecule has 1 amide bonds. The summed E-state index contributed by atoms with van der Waals surface area (Å²) in [4.78, 5) is 29.8. The Kier molecular flexibility index (Phi) is 6.52. The van der Waals surface area contributed by atoms with Gasteiger partial charge < -0.3 is 15.4 Å². The lowest BCUT2D eigenvalue weighted by Gasteiger charge is -2.25. The van der Waals surface area contributed by atoms with Crippen molar-refractivity contribution in [1.29, 1.82) is 0 Å². The van der Waals surface area contributed by atoms with Crippen molar-refractivity contribution >= 4 is 11.9 Å². The van der Waals surface area contributed by atoms with E-state index < -0.39 is 0 Å². The number of methoxy groups -OCH3 is 1. The maximum Gasteiger partial charge on any atom is 0.308 e. The fourth-order valence-electron chi connectivity index (χ4n) is 3.25. The molecule has 6 heteroatoms. The van der Waals surface area contributed by atoms with Gasteiger partial charge in [0.05, 0.1) is 19.6 Å². The van der Waals surface area contributed by atoms with Crippen LogP contribution in [0.3, 0.4) is 0 Å². The van der Waals surface area contributed by atoms with Gasteiger partial charge >= 0.3 is 5.97 Å². The third-order valence-electron chi connectivity index (χ3n) is 4.46. The SMILES string of the molecule is COC(=O)[C@@H](CC[C@H]1CCCN1C(=O)CN)Cc1cccnc1. The molecule has 1 saturated heterocycles. The molecular formula is C17H25N3O3. The molecule has 1 aromatic rings. The Balaban J connectivity index is 1.95. The van der Waals surface area contributed by atoms with E-state index in [0.717, 1.165) is 31.4 Å². The second-order valence-electron chi connectivity index (χ2n) is 5.95. The van der Waals surface area contributed by atoms with Gasteiger partial charge in [-0.15, -0.1) is 0 Å². The molecule has 2 heterocycles. The zero-order chi connectivity index (χ0) is 16.7. The van der Waals surface area contributed by atoms with Crippen LogP contribution < -0.4 is 5.73 Å². The first-order valence-corrected chi connectivity index (χ1v) is 8.12. The predicted molar refractivity (Wildman–Crippen MR) is 86.5 cm³/mol. The number of nitrogens with zero attached hydrogens (tertiary/aromatic N) is 2. The number of esters is 1. The summed E-state index contributed by atoms with van der Waals surface area (Å²) in [5, 5.41) is 0. The lowest BCUT2D eigenvalue weighted by molar-refractivity contribution is -0.145. The second kappa shape index (κ2) is 8.62. The number of carbonyl (C=O) groups excluding carboxylic acids is 2. The van der Waals surface area contributed by atoms with Gasteiger partial charge in [-0.3, -0.25) is 14.6 Å². The van der Waals surface area contributed by atoms with Crippen molar-refractivity contribution in [3.05, 3.63) is 30.1 Å². The molecule has 0 unspecified atom stereocenters. The number of ether oxygens (including phenoxy) is 1. The van der Waals surface area contributed by atoms with Gasteiger partial charge in [0, 0.05) is 25.0 Å². The van der Waals surface area contributed by atoms with Crippen molar-refractivity contribution < 1.29 is 14.3 Å². The molecule has 0 aliphatic carbocycles. The van der Waals surface area contributed by atoms with Crippen molar-refractivity contribution in [1.82, 2.24) is 9.88 Å². The van der Waals surface area contributed by atoms with E-state index >= 15 is 0 Å². The topological polar surface area (TPSA) is 85.5 Å². The standard InChI is InChI=1S/C17H25N3O3/c1-23-17(22)14(10-13-4-2-8-19-12-13)6-7-15-5-3-9-20(15)16(21)11-18/h2,4,8,12,14-15H,3,5-7,9-11,18H2,1H3/t14-,15+/m0/s1. The highest BCUT2D eigenvalue weighted by Crippen LogP contribution is 2.25. The van der Waals surface area contributed by atoms with Gasteiger partial charge in [-0.2, -0.15) is 0 Å². The number of hydrogen-bond acceptors (Lipinski definition) is 5. The van der Waals surface area contributed by atoms with Crippen LogP contribution in [0.25, 0.3) is 0 Å². The molecular weight excluding hydrogens is 294 g/mol. The number of nitrogens with two attached hydrogens (primary N) is 1. The number of carbonyl (C=O) groups is 2. The number of likely N-dealkylation sites (tertiary alicyclic amines) is 1. The molecule has 0 saturated carbocycles. The van der Waals surface area contributed by atoms with Crippen LogP contribution >= 0.6 is 0 Å². The Morgan fingerprint density at radius 2 is 2.35 bits per heavy atom. The number of amides is 1. The summed E-state index contributed by atoms with van der Waals surface area (Å²) in [6, 6.07) is 4.01. The van der Waals surface area contributed by atoms with Crippen LogP contribution in [0, 0.1) is 5.92 Å². The van der Waals surface area contributed by atoms with Gasteiger partial charge in [0.2, 0.25) is 5.91 Å². The predicted octanol–water partition coefficient (Wildman–Crippen LogP) is 1.14. The van der Waals surface area contributed by atoms with Crippen LogP contribution in [0.4, 0.5) is 0 Å². The molecule has 2 atom stereocenters. The van der Waals surface area contributed by atoms with Crippen molar-refractivity contribution in [3.63, 3.8) is 0 Å². The minimum atomic E-state index is -0.209. The Morgan fingerprint density at radius 3 is 3.00 bits per heavy atom. The number of pyridine rings is 1. The van der Waals surface area contributed by atoms with Crippen LogP contribution in [0.1, 0.15) is 31.2 Å². The van der Waals surface area contributed by atoms with Crippen molar-refractivity contribution in [2.24, 2.45) is 11.7 Å². The highest BCUT2D eigenvalue weighted by molar-refractivity contribution is 5.78. The van der Waals surface area contributed by atoms with E-state index in [-0.39, 0.29) is 30.4 Å². The highest BCUT2D eigenvalue weighted by Gasteiger charge is 2.29. The summed E-state index contributed by atoms with van der Waals surface area (Å²) >= 11 is 0. The molecule has 0 aromatic carbocycles.